The van der Waals surface area contributed by atoms with Crippen molar-refractivity contribution < 1.29 is 23.9 Å². The molecule has 0 aliphatic carbocycles. The molecule has 126 valence electrons. The van der Waals surface area contributed by atoms with Crippen LogP contribution in [0.5, 0.6) is 0 Å². The van der Waals surface area contributed by atoms with Gasteiger partial charge < -0.3 is 14.4 Å². The first-order valence-electron chi connectivity index (χ1n) is 7.21. The quantitative estimate of drug-likeness (QED) is 0.504. The third-order valence-electron chi connectivity index (χ3n) is 3.07. The van der Waals surface area contributed by atoms with E-state index in [1.807, 2.05) is 30.3 Å². The van der Waals surface area contributed by atoms with Crippen LogP contribution in [-0.2, 0) is 30.5 Å². The summed E-state index contributed by atoms with van der Waals surface area (Å²) in [6, 6.07) is 8.35. The molecule has 0 unspecified atom stereocenters. The van der Waals surface area contributed by atoms with Crippen LogP contribution in [-0.4, -0.2) is 47.3 Å². The van der Waals surface area contributed by atoms with Crippen molar-refractivity contribution in [1.82, 2.24) is 4.90 Å². The fraction of sp³-hybridized carbons (Fsp3) is 0.438. The van der Waals surface area contributed by atoms with E-state index >= 15 is 0 Å². The number of amides is 1. The molecule has 23 heavy (non-hydrogen) atoms. The molecule has 7 heteroatoms. The van der Waals surface area contributed by atoms with Crippen molar-refractivity contribution in [2.45, 2.75) is 26.5 Å². The molecule has 0 aliphatic rings. The molecule has 0 N–H and O–H groups in total. The number of carbonyl (C=O) groups excluding carboxylic acids is 3. The van der Waals surface area contributed by atoms with Gasteiger partial charge in [-0.15, -0.1) is 0 Å². The van der Waals surface area contributed by atoms with E-state index in [1.165, 1.54) is 6.92 Å². The summed E-state index contributed by atoms with van der Waals surface area (Å²) in [5.74, 6) is -1.53. The van der Waals surface area contributed by atoms with Gasteiger partial charge in [-0.1, -0.05) is 46.3 Å². The first-order valence-corrected chi connectivity index (χ1v) is 8.33. The van der Waals surface area contributed by atoms with Gasteiger partial charge in [0.2, 0.25) is 5.91 Å². The number of alkyl halides is 1. The predicted octanol–water partition coefficient (Wildman–Crippen LogP) is 1.90. The fourth-order valence-corrected chi connectivity index (χ4v) is 2.15. The molecule has 1 rings (SSSR count). The van der Waals surface area contributed by atoms with E-state index in [4.69, 9.17) is 9.47 Å². The second-order valence-corrected chi connectivity index (χ2v) is 5.29. The van der Waals surface area contributed by atoms with Crippen LogP contribution in [0.2, 0.25) is 0 Å². The monoisotopic (exact) mass is 385 g/mol. The van der Waals surface area contributed by atoms with Gasteiger partial charge in [0.15, 0.2) is 0 Å². The van der Waals surface area contributed by atoms with Gasteiger partial charge in [-0.3, -0.25) is 9.59 Å². The highest BCUT2D eigenvalue weighted by atomic mass is 79.9. The summed E-state index contributed by atoms with van der Waals surface area (Å²) in [5.41, 5.74) is 0.845. The Bertz CT molecular complexity index is 535. The Balaban J connectivity index is 2.63. The lowest BCUT2D eigenvalue weighted by Crippen LogP contribution is -2.47. The van der Waals surface area contributed by atoms with Gasteiger partial charge in [0, 0.05) is 0 Å². The van der Waals surface area contributed by atoms with E-state index in [2.05, 4.69) is 15.9 Å². The van der Waals surface area contributed by atoms with Crippen molar-refractivity contribution in [2.24, 2.45) is 0 Å². The SMILES string of the molecule is CCOC(=O)[C@H](C)N(CC(=O)OCc1ccccc1)C(=O)CBr. The highest BCUT2D eigenvalue weighted by molar-refractivity contribution is 9.09. The third-order valence-corrected chi connectivity index (χ3v) is 3.55. The van der Waals surface area contributed by atoms with E-state index in [1.54, 1.807) is 6.92 Å². The van der Waals surface area contributed by atoms with Crippen LogP contribution in [0, 0.1) is 0 Å². The number of rotatable bonds is 8. The van der Waals surface area contributed by atoms with Gasteiger partial charge in [0.25, 0.3) is 0 Å². The Morgan fingerprint density at radius 3 is 2.39 bits per heavy atom. The van der Waals surface area contributed by atoms with Crippen LogP contribution >= 0.6 is 15.9 Å². The zero-order valence-corrected chi connectivity index (χ0v) is 14.7. The van der Waals surface area contributed by atoms with E-state index in [0.29, 0.717) is 0 Å². The van der Waals surface area contributed by atoms with Crippen LogP contribution in [0.3, 0.4) is 0 Å². The van der Waals surface area contributed by atoms with Crippen molar-refractivity contribution in [2.75, 3.05) is 18.5 Å². The number of ether oxygens (including phenoxy) is 2. The summed E-state index contributed by atoms with van der Waals surface area (Å²) in [7, 11) is 0. The Labute approximate surface area is 143 Å². The lowest BCUT2D eigenvalue weighted by molar-refractivity contribution is -0.158. The van der Waals surface area contributed by atoms with Gasteiger partial charge >= 0.3 is 11.9 Å². The lowest BCUT2D eigenvalue weighted by Gasteiger charge is -2.26. The van der Waals surface area contributed by atoms with Gasteiger partial charge in [0.05, 0.1) is 11.9 Å². The first-order chi connectivity index (χ1) is 11.0. The summed E-state index contributed by atoms with van der Waals surface area (Å²) < 4.78 is 10.0. The maximum absolute atomic E-state index is 11.9. The number of esters is 2. The largest absolute Gasteiger partial charge is 0.464 e. The van der Waals surface area contributed by atoms with E-state index in [-0.39, 0.29) is 31.0 Å². The maximum Gasteiger partial charge on any atom is 0.328 e. The average Bonchev–Trinajstić information content (AvgIpc) is 2.57. The molecule has 0 aliphatic heterocycles. The third kappa shape index (κ3) is 6.40. The van der Waals surface area contributed by atoms with Crippen LogP contribution in [0.4, 0.5) is 0 Å². The summed E-state index contributed by atoms with van der Waals surface area (Å²) in [5, 5.41) is 0.00269. The first kappa shape index (κ1) is 19.2. The van der Waals surface area contributed by atoms with E-state index in [9.17, 15) is 14.4 Å². The van der Waals surface area contributed by atoms with Crippen molar-refractivity contribution >= 4 is 33.8 Å². The normalized spacial score (nSPS) is 11.4. The number of nitrogens with zero attached hydrogens (tertiary/aromatic N) is 1. The van der Waals surface area contributed by atoms with Gasteiger partial charge in [-0.25, -0.2) is 4.79 Å². The molecule has 0 radical (unpaired) electrons. The summed E-state index contributed by atoms with van der Waals surface area (Å²) in [4.78, 5) is 36.8. The van der Waals surface area contributed by atoms with E-state index in [0.717, 1.165) is 10.5 Å². The summed E-state index contributed by atoms with van der Waals surface area (Å²) in [6.45, 7) is 3.21. The molecule has 1 atom stereocenters. The Morgan fingerprint density at radius 2 is 1.83 bits per heavy atom. The zero-order chi connectivity index (χ0) is 17.2. The molecule has 0 fully saturated rings. The molecule has 0 heterocycles. The molecule has 6 nitrogen and oxygen atoms in total. The smallest absolute Gasteiger partial charge is 0.328 e. The second-order valence-electron chi connectivity index (χ2n) is 4.73. The number of hydrogen-bond acceptors (Lipinski definition) is 5. The van der Waals surface area contributed by atoms with Crippen LogP contribution in [0.25, 0.3) is 0 Å². The molecular weight excluding hydrogens is 366 g/mol. The molecular formula is C16H20BrNO5. The Hall–Kier alpha value is -1.89. The summed E-state index contributed by atoms with van der Waals surface area (Å²) in [6.07, 6.45) is 0. The molecule has 0 saturated carbocycles. The van der Waals surface area contributed by atoms with Gasteiger partial charge in [0.1, 0.15) is 19.2 Å². The molecule has 1 aromatic carbocycles. The van der Waals surface area contributed by atoms with Crippen molar-refractivity contribution in [3.05, 3.63) is 35.9 Å². The minimum Gasteiger partial charge on any atom is -0.464 e. The van der Waals surface area contributed by atoms with Crippen molar-refractivity contribution in [3.8, 4) is 0 Å². The standard InChI is InChI=1S/C16H20BrNO5/c1-3-22-16(21)12(2)18(14(19)9-17)10-15(20)23-11-13-7-5-4-6-8-13/h4-8,12H,3,9-11H2,1-2H3/t12-/m0/s1. The lowest BCUT2D eigenvalue weighted by atomic mass is 10.2. The molecule has 1 amide bonds. The summed E-state index contributed by atoms with van der Waals surface area (Å²) >= 11 is 3.04. The number of benzene rings is 1. The molecule has 0 spiro atoms. The second kappa shape index (κ2) is 9.99. The Morgan fingerprint density at radius 1 is 1.17 bits per heavy atom. The average molecular weight is 386 g/mol. The highest BCUT2D eigenvalue weighted by Crippen LogP contribution is 2.07. The topological polar surface area (TPSA) is 72.9 Å². The number of halogens is 1. The van der Waals surface area contributed by atoms with Gasteiger partial charge in [-0.05, 0) is 19.4 Å². The van der Waals surface area contributed by atoms with Crippen LogP contribution < -0.4 is 0 Å². The minimum absolute atomic E-state index is 0.00269. The zero-order valence-electron chi connectivity index (χ0n) is 13.2. The highest BCUT2D eigenvalue weighted by Gasteiger charge is 2.28. The number of hydrogen-bond donors (Lipinski definition) is 0. The predicted molar refractivity (Wildman–Crippen MR) is 87.8 cm³/mol. The van der Waals surface area contributed by atoms with Crippen molar-refractivity contribution in [3.63, 3.8) is 0 Å². The van der Waals surface area contributed by atoms with Gasteiger partial charge in [-0.2, -0.15) is 0 Å². The maximum atomic E-state index is 11.9. The molecule has 0 saturated heterocycles. The van der Waals surface area contributed by atoms with Crippen molar-refractivity contribution in [1.29, 1.82) is 0 Å². The molecule has 0 aromatic heterocycles. The minimum atomic E-state index is -0.857. The number of carbonyl (C=O) groups is 3. The van der Waals surface area contributed by atoms with Crippen LogP contribution in [0.1, 0.15) is 19.4 Å². The van der Waals surface area contributed by atoms with E-state index < -0.39 is 18.0 Å². The Kier molecular flexibility index (Phi) is 8.32. The molecule has 1 aromatic rings. The fourth-order valence-electron chi connectivity index (χ4n) is 1.83. The van der Waals surface area contributed by atoms with Crippen LogP contribution in [0.15, 0.2) is 30.3 Å². The molecule has 0 bridgehead atoms.